The number of rotatable bonds is 2. The van der Waals surface area contributed by atoms with E-state index in [2.05, 4.69) is 47.1 Å². The van der Waals surface area contributed by atoms with E-state index in [0.717, 1.165) is 20.7 Å². The van der Waals surface area contributed by atoms with Crippen LogP contribution in [-0.4, -0.2) is 4.98 Å². The number of hydrogen-bond acceptors (Lipinski definition) is 2. The number of halogens is 1. The molecular weight excluding hydrogens is 318 g/mol. The Morgan fingerprint density at radius 3 is 2.42 bits per heavy atom. The van der Waals surface area contributed by atoms with Crippen LogP contribution in [0.1, 0.15) is 4.88 Å². The van der Waals surface area contributed by atoms with Gasteiger partial charge in [-0.3, -0.25) is 0 Å². The quantitative estimate of drug-likeness (QED) is 0.600. The zero-order valence-electron chi connectivity index (χ0n) is 10.4. The molecule has 0 radical (unpaired) electrons. The van der Waals surface area contributed by atoms with Gasteiger partial charge in [-0.15, -0.1) is 11.3 Å². The van der Waals surface area contributed by atoms with E-state index in [4.69, 9.17) is 4.98 Å². The zero-order chi connectivity index (χ0) is 13.2. The first-order valence-electron chi connectivity index (χ1n) is 6.03. The molecule has 3 heteroatoms. The van der Waals surface area contributed by atoms with Crippen LogP contribution in [0.3, 0.4) is 0 Å². The van der Waals surface area contributed by atoms with Gasteiger partial charge in [-0.05, 0) is 19.1 Å². The molecule has 1 aromatic heterocycles. The van der Waals surface area contributed by atoms with Gasteiger partial charge in [0.25, 0.3) is 0 Å². The van der Waals surface area contributed by atoms with Crippen LogP contribution < -0.4 is 0 Å². The summed E-state index contributed by atoms with van der Waals surface area (Å²) in [6, 6.07) is 18.6. The number of benzene rings is 2. The SMILES string of the molecule is Cc1sc(-c2ccccc2)nc1-c1cccc(Br)c1. The Hall–Kier alpha value is -1.45. The van der Waals surface area contributed by atoms with E-state index in [1.54, 1.807) is 11.3 Å². The van der Waals surface area contributed by atoms with E-state index in [-0.39, 0.29) is 0 Å². The Balaban J connectivity index is 2.08. The van der Waals surface area contributed by atoms with E-state index in [1.165, 1.54) is 10.4 Å². The molecule has 94 valence electrons. The average Bonchev–Trinajstić information content (AvgIpc) is 2.82. The second-order valence-corrected chi connectivity index (χ2v) is 6.42. The molecule has 2 aromatic carbocycles. The van der Waals surface area contributed by atoms with Gasteiger partial charge in [-0.2, -0.15) is 0 Å². The van der Waals surface area contributed by atoms with Crippen molar-refractivity contribution in [1.29, 1.82) is 0 Å². The first kappa shape index (κ1) is 12.6. The van der Waals surface area contributed by atoms with Crippen molar-refractivity contribution in [3.8, 4) is 21.8 Å². The summed E-state index contributed by atoms with van der Waals surface area (Å²) in [7, 11) is 0. The molecule has 0 amide bonds. The second-order valence-electron chi connectivity index (χ2n) is 4.30. The Bertz CT molecular complexity index is 704. The fourth-order valence-electron chi connectivity index (χ4n) is 2.00. The summed E-state index contributed by atoms with van der Waals surface area (Å²) in [5.74, 6) is 0. The number of nitrogens with zero attached hydrogens (tertiary/aromatic N) is 1. The van der Waals surface area contributed by atoms with Gasteiger partial charge in [0.2, 0.25) is 0 Å². The first-order valence-corrected chi connectivity index (χ1v) is 7.64. The summed E-state index contributed by atoms with van der Waals surface area (Å²) in [5.41, 5.74) is 3.41. The van der Waals surface area contributed by atoms with Gasteiger partial charge in [0.15, 0.2) is 0 Å². The minimum absolute atomic E-state index is 1.07. The molecule has 0 aliphatic rings. The monoisotopic (exact) mass is 329 g/mol. The van der Waals surface area contributed by atoms with Crippen molar-refractivity contribution < 1.29 is 0 Å². The maximum Gasteiger partial charge on any atom is 0.124 e. The lowest BCUT2D eigenvalue weighted by Gasteiger charge is -1.99. The van der Waals surface area contributed by atoms with Crippen LogP contribution in [0.4, 0.5) is 0 Å². The second kappa shape index (κ2) is 5.27. The largest absolute Gasteiger partial charge is 0.236 e. The summed E-state index contributed by atoms with van der Waals surface area (Å²) in [6.45, 7) is 2.13. The highest BCUT2D eigenvalue weighted by Gasteiger charge is 2.11. The van der Waals surface area contributed by atoms with Crippen LogP contribution in [0, 0.1) is 6.92 Å². The van der Waals surface area contributed by atoms with Gasteiger partial charge in [0.1, 0.15) is 5.01 Å². The molecule has 0 N–H and O–H groups in total. The first-order chi connectivity index (χ1) is 9.24. The van der Waals surface area contributed by atoms with Crippen molar-refractivity contribution in [3.05, 3.63) is 63.9 Å². The van der Waals surface area contributed by atoms with Crippen molar-refractivity contribution >= 4 is 27.3 Å². The maximum absolute atomic E-state index is 4.79. The lowest BCUT2D eigenvalue weighted by Crippen LogP contribution is -1.81. The molecule has 0 saturated heterocycles. The molecule has 1 heterocycles. The molecule has 19 heavy (non-hydrogen) atoms. The van der Waals surface area contributed by atoms with Gasteiger partial charge >= 0.3 is 0 Å². The highest BCUT2D eigenvalue weighted by Crippen LogP contribution is 2.33. The third-order valence-corrected chi connectivity index (χ3v) is 4.43. The molecule has 3 aromatic rings. The minimum atomic E-state index is 1.07. The highest BCUT2D eigenvalue weighted by atomic mass is 79.9. The van der Waals surface area contributed by atoms with Gasteiger partial charge in [-0.1, -0.05) is 58.4 Å². The number of aryl methyl sites for hydroxylation is 1. The average molecular weight is 330 g/mol. The van der Waals surface area contributed by atoms with E-state index >= 15 is 0 Å². The number of hydrogen-bond donors (Lipinski definition) is 0. The Morgan fingerprint density at radius 2 is 1.68 bits per heavy atom. The summed E-state index contributed by atoms with van der Waals surface area (Å²) in [4.78, 5) is 6.04. The number of aromatic nitrogens is 1. The Kier molecular flexibility index (Phi) is 3.49. The highest BCUT2D eigenvalue weighted by molar-refractivity contribution is 9.10. The van der Waals surface area contributed by atoms with Crippen LogP contribution in [0.5, 0.6) is 0 Å². The predicted octanol–water partition coefficient (Wildman–Crippen LogP) is 5.55. The molecule has 0 bridgehead atoms. The lowest BCUT2D eigenvalue weighted by atomic mass is 10.1. The fourth-order valence-corrected chi connectivity index (χ4v) is 3.34. The molecule has 0 atom stereocenters. The number of thiazole rings is 1. The Labute approximate surface area is 125 Å². The Morgan fingerprint density at radius 1 is 0.947 bits per heavy atom. The van der Waals surface area contributed by atoms with Gasteiger partial charge in [0.05, 0.1) is 5.69 Å². The van der Waals surface area contributed by atoms with E-state index in [1.807, 2.05) is 30.3 Å². The third-order valence-electron chi connectivity index (χ3n) is 2.92. The molecule has 0 fully saturated rings. The van der Waals surface area contributed by atoms with Gasteiger partial charge in [-0.25, -0.2) is 4.98 Å². The normalized spacial score (nSPS) is 10.6. The zero-order valence-corrected chi connectivity index (χ0v) is 12.8. The van der Waals surface area contributed by atoms with Gasteiger partial charge in [0, 0.05) is 20.5 Å². The van der Waals surface area contributed by atoms with Crippen LogP contribution in [0.2, 0.25) is 0 Å². The van der Waals surface area contributed by atoms with E-state index < -0.39 is 0 Å². The van der Waals surface area contributed by atoms with Crippen LogP contribution in [0.25, 0.3) is 21.8 Å². The van der Waals surface area contributed by atoms with E-state index in [0.29, 0.717) is 0 Å². The van der Waals surface area contributed by atoms with Crippen molar-refractivity contribution in [2.75, 3.05) is 0 Å². The maximum atomic E-state index is 4.79. The molecule has 0 spiro atoms. The summed E-state index contributed by atoms with van der Waals surface area (Å²) in [6.07, 6.45) is 0. The molecule has 3 rings (SSSR count). The van der Waals surface area contributed by atoms with Crippen LogP contribution in [-0.2, 0) is 0 Å². The van der Waals surface area contributed by atoms with Crippen molar-refractivity contribution in [1.82, 2.24) is 4.98 Å². The molecule has 0 saturated carbocycles. The molecule has 1 nitrogen and oxygen atoms in total. The molecule has 0 aliphatic heterocycles. The topological polar surface area (TPSA) is 12.9 Å². The summed E-state index contributed by atoms with van der Waals surface area (Å²) >= 11 is 5.25. The third kappa shape index (κ3) is 2.62. The fraction of sp³-hybridized carbons (Fsp3) is 0.0625. The van der Waals surface area contributed by atoms with Crippen LogP contribution >= 0.6 is 27.3 Å². The molecule has 0 aliphatic carbocycles. The molecule has 0 unspecified atom stereocenters. The summed E-state index contributed by atoms with van der Waals surface area (Å²) < 4.78 is 1.08. The molecular formula is C16H12BrNS. The van der Waals surface area contributed by atoms with Crippen LogP contribution in [0.15, 0.2) is 59.1 Å². The predicted molar refractivity (Wildman–Crippen MR) is 85.4 cm³/mol. The standard InChI is InChI=1S/C16H12BrNS/c1-11-15(13-8-5-9-14(17)10-13)18-16(19-11)12-6-3-2-4-7-12/h2-10H,1H3. The smallest absolute Gasteiger partial charge is 0.124 e. The minimum Gasteiger partial charge on any atom is -0.236 e. The van der Waals surface area contributed by atoms with Crippen molar-refractivity contribution in [3.63, 3.8) is 0 Å². The van der Waals surface area contributed by atoms with Gasteiger partial charge < -0.3 is 0 Å². The lowest BCUT2D eigenvalue weighted by molar-refractivity contribution is 1.37. The summed E-state index contributed by atoms with van der Waals surface area (Å²) in [5, 5.41) is 1.08. The van der Waals surface area contributed by atoms with Crippen molar-refractivity contribution in [2.24, 2.45) is 0 Å². The van der Waals surface area contributed by atoms with Crippen molar-refractivity contribution in [2.45, 2.75) is 6.92 Å². The van der Waals surface area contributed by atoms with E-state index in [9.17, 15) is 0 Å².